The maximum absolute atomic E-state index is 12.9. The van der Waals surface area contributed by atoms with Gasteiger partial charge in [-0.25, -0.2) is 8.42 Å². The molecule has 2 heterocycles. The molecule has 1 aliphatic heterocycles. The van der Waals surface area contributed by atoms with Crippen molar-refractivity contribution in [3.05, 3.63) is 52.2 Å². The number of thioether (sulfide) groups is 1. The molecule has 1 aromatic heterocycles. The lowest BCUT2D eigenvalue weighted by atomic mass is 10.1. The summed E-state index contributed by atoms with van der Waals surface area (Å²) in [6.45, 7) is 0.909. The van der Waals surface area contributed by atoms with Crippen molar-refractivity contribution in [3.63, 3.8) is 0 Å². The molecule has 3 rings (SSSR count). The highest BCUT2D eigenvalue weighted by molar-refractivity contribution is 7.99. The quantitative estimate of drug-likeness (QED) is 0.753. The van der Waals surface area contributed by atoms with Gasteiger partial charge in [0.25, 0.3) is 5.91 Å². The molecule has 26 heavy (non-hydrogen) atoms. The van der Waals surface area contributed by atoms with Crippen molar-refractivity contribution in [3.8, 4) is 0 Å². The van der Waals surface area contributed by atoms with Crippen LogP contribution in [0.3, 0.4) is 0 Å². The van der Waals surface area contributed by atoms with E-state index in [0.29, 0.717) is 18.8 Å². The third-order valence-corrected chi connectivity index (χ3v) is 8.03. The third-order valence-electron chi connectivity index (χ3n) is 4.15. The monoisotopic (exact) mass is 417 g/mol. The Morgan fingerprint density at radius 1 is 1.15 bits per heavy atom. The number of hydrogen-bond donors (Lipinski definition) is 0. The van der Waals surface area contributed by atoms with E-state index in [1.54, 1.807) is 28.0 Å². The maximum atomic E-state index is 12.9. The minimum atomic E-state index is -4.83. The molecule has 0 saturated carbocycles. The molecule has 2 aromatic rings. The van der Waals surface area contributed by atoms with Crippen molar-refractivity contribution in [1.29, 1.82) is 0 Å². The van der Waals surface area contributed by atoms with Gasteiger partial charge in [0.15, 0.2) is 0 Å². The van der Waals surface area contributed by atoms with Crippen LogP contribution in [0.25, 0.3) is 0 Å². The van der Waals surface area contributed by atoms with Crippen LogP contribution in [0.1, 0.15) is 26.9 Å². The molecule has 0 bridgehead atoms. The lowest BCUT2D eigenvalue weighted by Crippen LogP contribution is -2.34. The molecule has 0 aliphatic carbocycles. The van der Waals surface area contributed by atoms with E-state index in [1.165, 1.54) is 23.1 Å². The first-order valence-electron chi connectivity index (χ1n) is 7.96. The summed E-state index contributed by atoms with van der Waals surface area (Å²) in [6, 6.07) is 9.24. The number of sulfone groups is 1. The topological polar surface area (TPSA) is 54.5 Å². The van der Waals surface area contributed by atoms with Crippen molar-refractivity contribution in [1.82, 2.24) is 4.90 Å². The molecule has 1 amide bonds. The van der Waals surface area contributed by atoms with E-state index in [9.17, 15) is 22.0 Å². The van der Waals surface area contributed by atoms with Crippen LogP contribution in [0.2, 0.25) is 0 Å². The molecule has 4 nitrogen and oxygen atoms in total. The number of hydrogen-bond acceptors (Lipinski definition) is 5. The number of alkyl halides is 2. The molecule has 1 atom stereocenters. The standard InChI is InChI=1S/C17H17F2NO3S3/c18-17(19)26(22,23)15-6-2-1-4-12(15)16(21)20-8-7-14(25-11-9-20)13-5-3-10-24-13/h1-6,10,14,17H,7-9,11H2. The number of amides is 1. The normalized spacial score (nSPS) is 18.7. The van der Waals surface area contributed by atoms with Gasteiger partial charge in [-0.15, -0.1) is 11.3 Å². The number of carbonyl (C=O) groups is 1. The van der Waals surface area contributed by atoms with Gasteiger partial charge < -0.3 is 4.90 Å². The molecule has 1 aliphatic rings. The van der Waals surface area contributed by atoms with Gasteiger partial charge in [-0.1, -0.05) is 18.2 Å². The van der Waals surface area contributed by atoms with Crippen molar-refractivity contribution in [2.24, 2.45) is 0 Å². The molecule has 0 N–H and O–H groups in total. The fourth-order valence-corrected chi connectivity index (χ4v) is 5.99. The first-order chi connectivity index (χ1) is 12.4. The van der Waals surface area contributed by atoms with Crippen molar-refractivity contribution in [2.75, 3.05) is 18.8 Å². The van der Waals surface area contributed by atoms with E-state index >= 15 is 0 Å². The van der Waals surface area contributed by atoms with Gasteiger partial charge in [-0.05, 0) is 30.0 Å². The van der Waals surface area contributed by atoms with Crippen molar-refractivity contribution >= 4 is 38.8 Å². The minimum absolute atomic E-state index is 0.188. The predicted molar refractivity (Wildman–Crippen MR) is 99.7 cm³/mol. The summed E-state index contributed by atoms with van der Waals surface area (Å²) in [6.07, 6.45) is 0.737. The summed E-state index contributed by atoms with van der Waals surface area (Å²) in [5.41, 5.74) is -0.188. The van der Waals surface area contributed by atoms with E-state index < -0.39 is 26.4 Å². The highest BCUT2D eigenvalue weighted by Gasteiger charge is 2.32. The molecule has 0 spiro atoms. The van der Waals surface area contributed by atoms with Gasteiger partial charge >= 0.3 is 5.76 Å². The maximum Gasteiger partial charge on any atom is 0.341 e. The molecular formula is C17H17F2NO3S3. The van der Waals surface area contributed by atoms with Crippen LogP contribution in [0.15, 0.2) is 46.7 Å². The molecule has 1 fully saturated rings. The van der Waals surface area contributed by atoms with Crippen LogP contribution in [0, 0.1) is 0 Å². The SMILES string of the molecule is O=C(c1ccccc1S(=O)(=O)C(F)F)N1CCSC(c2cccs2)CC1. The molecule has 1 aromatic carbocycles. The van der Waals surface area contributed by atoms with E-state index in [-0.39, 0.29) is 10.8 Å². The molecule has 1 saturated heterocycles. The lowest BCUT2D eigenvalue weighted by molar-refractivity contribution is 0.0762. The predicted octanol–water partition coefficient (Wildman–Crippen LogP) is 4.06. The van der Waals surface area contributed by atoms with Crippen LogP contribution in [0.5, 0.6) is 0 Å². The number of rotatable bonds is 4. The zero-order chi connectivity index (χ0) is 18.7. The number of halogens is 2. The average molecular weight is 418 g/mol. The van der Waals surface area contributed by atoms with Gasteiger partial charge in [0.05, 0.1) is 10.5 Å². The Labute approximate surface area is 159 Å². The van der Waals surface area contributed by atoms with E-state index in [0.717, 1.165) is 12.5 Å². The number of benzene rings is 1. The van der Waals surface area contributed by atoms with E-state index in [2.05, 4.69) is 6.07 Å². The van der Waals surface area contributed by atoms with Crippen molar-refractivity contribution < 1.29 is 22.0 Å². The van der Waals surface area contributed by atoms with Gasteiger partial charge in [-0.3, -0.25) is 4.79 Å². The van der Waals surface area contributed by atoms with Crippen LogP contribution in [-0.4, -0.2) is 43.8 Å². The van der Waals surface area contributed by atoms with Gasteiger partial charge in [0.2, 0.25) is 9.84 Å². The van der Waals surface area contributed by atoms with Gasteiger partial charge in [0, 0.05) is 29.0 Å². The first-order valence-corrected chi connectivity index (χ1v) is 11.4. The second kappa shape index (κ2) is 8.06. The molecule has 140 valence electrons. The summed E-state index contributed by atoms with van der Waals surface area (Å²) in [4.78, 5) is 15.0. The molecule has 9 heteroatoms. The fourth-order valence-electron chi connectivity index (χ4n) is 2.83. The van der Waals surface area contributed by atoms with E-state index in [4.69, 9.17) is 0 Å². The summed E-state index contributed by atoms with van der Waals surface area (Å²) in [7, 11) is -4.83. The van der Waals surface area contributed by atoms with Crippen LogP contribution in [-0.2, 0) is 9.84 Å². The van der Waals surface area contributed by atoms with Crippen molar-refractivity contribution in [2.45, 2.75) is 22.3 Å². The summed E-state index contributed by atoms with van der Waals surface area (Å²) in [5, 5.41) is 2.29. The summed E-state index contributed by atoms with van der Waals surface area (Å²) in [5.74, 6) is -3.37. The summed E-state index contributed by atoms with van der Waals surface area (Å²) < 4.78 is 49.7. The zero-order valence-corrected chi connectivity index (χ0v) is 16.1. The number of carbonyl (C=O) groups excluding carboxylic acids is 1. The summed E-state index contributed by atoms with van der Waals surface area (Å²) >= 11 is 3.42. The van der Waals surface area contributed by atoms with Gasteiger partial charge in [-0.2, -0.15) is 20.5 Å². The van der Waals surface area contributed by atoms with Gasteiger partial charge in [0.1, 0.15) is 0 Å². The second-order valence-electron chi connectivity index (χ2n) is 5.76. The Hall–Kier alpha value is -1.45. The third kappa shape index (κ3) is 3.94. The smallest absolute Gasteiger partial charge is 0.338 e. The Balaban J connectivity index is 1.82. The molecule has 1 unspecified atom stereocenters. The number of nitrogens with zero attached hydrogens (tertiary/aromatic N) is 1. The van der Waals surface area contributed by atoms with Crippen LogP contribution < -0.4 is 0 Å². The van der Waals surface area contributed by atoms with Crippen LogP contribution in [0.4, 0.5) is 8.78 Å². The second-order valence-corrected chi connectivity index (χ2v) is 9.93. The minimum Gasteiger partial charge on any atom is -0.338 e. The number of thiophene rings is 1. The lowest BCUT2D eigenvalue weighted by Gasteiger charge is -2.21. The highest BCUT2D eigenvalue weighted by atomic mass is 32.2. The Kier molecular flexibility index (Phi) is 5.99. The molecule has 0 radical (unpaired) electrons. The Morgan fingerprint density at radius 3 is 2.62 bits per heavy atom. The highest BCUT2D eigenvalue weighted by Crippen LogP contribution is 2.37. The zero-order valence-electron chi connectivity index (χ0n) is 13.7. The Morgan fingerprint density at radius 2 is 1.92 bits per heavy atom. The molecular weight excluding hydrogens is 400 g/mol. The first kappa shape index (κ1) is 19.3. The largest absolute Gasteiger partial charge is 0.341 e. The Bertz CT molecular complexity index is 869. The van der Waals surface area contributed by atoms with E-state index in [1.807, 2.05) is 11.4 Å². The average Bonchev–Trinajstić information content (AvgIpc) is 3.05. The van der Waals surface area contributed by atoms with Crippen LogP contribution >= 0.6 is 23.1 Å². The fraction of sp³-hybridized carbons (Fsp3) is 0.353.